The number of benzene rings is 1. The molecule has 0 aliphatic rings. The highest BCUT2D eigenvalue weighted by atomic mass is 15.1. The lowest BCUT2D eigenvalue weighted by atomic mass is 9.83. The fourth-order valence-corrected chi connectivity index (χ4v) is 2.22. The van der Waals surface area contributed by atoms with Crippen molar-refractivity contribution in [2.45, 2.75) is 39.7 Å². The molecule has 0 bridgehead atoms. The van der Waals surface area contributed by atoms with E-state index in [1.54, 1.807) is 0 Å². The van der Waals surface area contributed by atoms with Crippen LogP contribution in [0.2, 0.25) is 0 Å². The number of nitrogens with two attached hydrogens (primary N) is 1. The van der Waals surface area contributed by atoms with Crippen LogP contribution in [0.5, 0.6) is 0 Å². The molecular weight excluding hydrogens is 208 g/mol. The van der Waals surface area contributed by atoms with E-state index in [2.05, 4.69) is 56.9 Å². The molecule has 2 heteroatoms. The van der Waals surface area contributed by atoms with Crippen LogP contribution in [0.4, 0.5) is 0 Å². The first-order chi connectivity index (χ1) is 8.03. The maximum absolute atomic E-state index is 5.71. The molecule has 1 rings (SSSR count). The molecule has 0 radical (unpaired) electrons. The van der Waals surface area contributed by atoms with E-state index in [4.69, 9.17) is 5.73 Å². The number of likely N-dealkylation sites (N-methyl/N-ethyl adjacent to an activating group) is 1. The van der Waals surface area contributed by atoms with Gasteiger partial charge in [0.1, 0.15) is 0 Å². The van der Waals surface area contributed by atoms with Gasteiger partial charge in [-0.2, -0.15) is 0 Å². The van der Waals surface area contributed by atoms with E-state index in [1.165, 1.54) is 11.1 Å². The summed E-state index contributed by atoms with van der Waals surface area (Å²) in [6.07, 6.45) is 0. The summed E-state index contributed by atoms with van der Waals surface area (Å²) < 4.78 is 0. The molecule has 96 valence electrons. The summed E-state index contributed by atoms with van der Waals surface area (Å²) in [7, 11) is 0. The molecule has 0 aliphatic carbocycles. The zero-order chi connectivity index (χ0) is 12.9. The third-order valence-electron chi connectivity index (χ3n) is 3.46. The normalized spacial score (nSPS) is 12.1. The first-order valence-electron chi connectivity index (χ1n) is 6.55. The van der Waals surface area contributed by atoms with E-state index >= 15 is 0 Å². The van der Waals surface area contributed by atoms with Crippen molar-refractivity contribution in [2.75, 3.05) is 19.6 Å². The van der Waals surface area contributed by atoms with Crippen LogP contribution >= 0.6 is 0 Å². The molecule has 0 spiro atoms. The average Bonchev–Trinajstić information content (AvgIpc) is 2.36. The van der Waals surface area contributed by atoms with Gasteiger partial charge >= 0.3 is 0 Å². The van der Waals surface area contributed by atoms with Gasteiger partial charge in [0.25, 0.3) is 0 Å². The molecule has 0 aromatic heterocycles. The van der Waals surface area contributed by atoms with E-state index < -0.39 is 0 Å². The van der Waals surface area contributed by atoms with Crippen molar-refractivity contribution in [3.8, 4) is 0 Å². The predicted molar refractivity (Wildman–Crippen MR) is 75.1 cm³/mol. The smallest absolute Gasteiger partial charge is 0.0178 e. The molecular formula is C15H26N2. The number of nitrogens with zero attached hydrogens (tertiary/aromatic N) is 1. The highest BCUT2D eigenvalue weighted by Crippen LogP contribution is 2.25. The van der Waals surface area contributed by atoms with Gasteiger partial charge in [0.2, 0.25) is 0 Å². The highest BCUT2D eigenvalue weighted by molar-refractivity contribution is 5.29. The molecule has 0 aliphatic heterocycles. The van der Waals surface area contributed by atoms with Gasteiger partial charge in [-0.3, -0.25) is 0 Å². The van der Waals surface area contributed by atoms with E-state index in [0.717, 1.165) is 19.6 Å². The largest absolute Gasteiger partial charge is 0.326 e. The first-order valence-corrected chi connectivity index (χ1v) is 6.55. The molecule has 0 unspecified atom stereocenters. The second-order valence-electron chi connectivity index (χ2n) is 5.25. The van der Waals surface area contributed by atoms with Gasteiger partial charge in [-0.25, -0.2) is 0 Å². The number of hydrogen-bond acceptors (Lipinski definition) is 2. The molecule has 1 aromatic rings. The average molecular weight is 234 g/mol. The summed E-state index contributed by atoms with van der Waals surface area (Å²) in [5.41, 5.74) is 8.48. The highest BCUT2D eigenvalue weighted by Gasteiger charge is 2.22. The molecule has 2 nitrogen and oxygen atoms in total. The number of hydrogen-bond donors (Lipinski definition) is 1. The molecule has 0 amide bonds. The van der Waals surface area contributed by atoms with E-state index in [9.17, 15) is 0 Å². The van der Waals surface area contributed by atoms with Crippen LogP contribution in [0.3, 0.4) is 0 Å². The van der Waals surface area contributed by atoms with Crippen LogP contribution in [0.15, 0.2) is 24.3 Å². The molecule has 0 fully saturated rings. The summed E-state index contributed by atoms with van der Waals surface area (Å²) in [5, 5.41) is 0. The summed E-state index contributed by atoms with van der Waals surface area (Å²) in [5.74, 6) is 0. The third kappa shape index (κ3) is 3.83. The predicted octanol–water partition coefficient (Wildman–Crippen LogP) is 2.76. The minimum atomic E-state index is 0.178. The van der Waals surface area contributed by atoms with E-state index in [-0.39, 0.29) is 5.41 Å². The fraction of sp³-hybridized carbons (Fsp3) is 0.600. The Bertz CT molecular complexity index is 341. The second-order valence-corrected chi connectivity index (χ2v) is 5.25. The van der Waals surface area contributed by atoms with Gasteiger partial charge in [-0.1, -0.05) is 52.0 Å². The van der Waals surface area contributed by atoms with E-state index in [1.807, 2.05) is 0 Å². The molecule has 0 heterocycles. The second kappa shape index (κ2) is 6.18. The van der Waals surface area contributed by atoms with Crippen molar-refractivity contribution in [2.24, 2.45) is 5.73 Å². The molecule has 0 saturated carbocycles. The van der Waals surface area contributed by atoms with Gasteiger partial charge < -0.3 is 10.6 Å². The van der Waals surface area contributed by atoms with Crippen LogP contribution in [0.1, 0.15) is 38.8 Å². The lowest BCUT2D eigenvalue weighted by Gasteiger charge is -2.32. The molecule has 0 saturated heterocycles. The van der Waals surface area contributed by atoms with Crippen LogP contribution in [0.25, 0.3) is 0 Å². The van der Waals surface area contributed by atoms with Crippen LogP contribution in [-0.2, 0) is 12.0 Å². The summed E-state index contributed by atoms with van der Waals surface area (Å²) >= 11 is 0. The Kier molecular flexibility index (Phi) is 5.16. The van der Waals surface area contributed by atoms with Crippen LogP contribution in [0, 0.1) is 0 Å². The standard InChI is InChI=1S/C15H26N2/c1-5-17(6-2)12-15(3,4)14-9-7-8-13(10-14)11-16/h7-10H,5-6,11-12,16H2,1-4H3. The van der Waals surface area contributed by atoms with Crippen LogP contribution < -0.4 is 5.73 Å². The van der Waals surface area contributed by atoms with Crippen molar-refractivity contribution < 1.29 is 0 Å². The minimum Gasteiger partial charge on any atom is -0.326 e. The zero-order valence-corrected chi connectivity index (χ0v) is 11.7. The maximum Gasteiger partial charge on any atom is 0.0178 e. The zero-order valence-electron chi connectivity index (χ0n) is 11.7. The summed E-state index contributed by atoms with van der Waals surface area (Å²) in [6.45, 7) is 13.0. The topological polar surface area (TPSA) is 29.3 Å². The quantitative estimate of drug-likeness (QED) is 0.820. The Morgan fingerprint density at radius 3 is 2.35 bits per heavy atom. The van der Waals surface area contributed by atoms with Gasteiger partial charge in [0.15, 0.2) is 0 Å². The van der Waals surface area contributed by atoms with Crippen molar-refractivity contribution >= 4 is 0 Å². The molecule has 2 N–H and O–H groups in total. The Balaban J connectivity index is 2.87. The van der Waals surface area contributed by atoms with Crippen molar-refractivity contribution in [3.63, 3.8) is 0 Å². The van der Waals surface area contributed by atoms with Crippen LogP contribution in [-0.4, -0.2) is 24.5 Å². The summed E-state index contributed by atoms with van der Waals surface area (Å²) in [6, 6.07) is 8.66. The molecule has 17 heavy (non-hydrogen) atoms. The minimum absolute atomic E-state index is 0.178. The molecule has 0 atom stereocenters. The Morgan fingerprint density at radius 1 is 1.18 bits per heavy atom. The molecule has 1 aromatic carbocycles. The Morgan fingerprint density at radius 2 is 1.82 bits per heavy atom. The van der Waals surface area contributed by atoms with E-state index in [0.29, 0.717) is 6.54 Å². The fourth-order valence-electron chi connectivity index (χ4n) is 2.22. The van der Waals surface area contributed by atoms with Gasteiger partial charge in [-0.15, -0.1) is 0 Å². The maximum atomic E-state index is 5.71. The lowest BCUT2D eigenvalue weighted by molar-refractivity contribution is 0.244. The van der Waals surface area contributed by atoms with Crippen molar-refractivity contribution in [3.05, 3.63) is 35.4 Å². The van der Waals surface area contributed by atoms with Gasteiger partial charge in [-0.05, 0) is 24.2 Å². The SMILES string of the molecule is CCN(CC)CC(C)(C)c1cccc(CN)c1. The van der Waals surface area contributed by atoms with Gasteiger partial charge in [0.05, 0.1) is 0 Å². The monoisotopic (exact) mass is 234 g/mol. The Labute approximate surface area is 106 Å². The number of rotatable bonds is 6. The lowest BCUT2D eigenvalue weighted by Crippen LogP contribution is -2.36. The third-order valence-corrected chi connectivity index (χ3v) is 3.46. The Hall–Kier alpha value is -0.860. The first kappa shape index (κ1) is 14.2. The van der Waals surface area contributed by atoms with Crippen molar-refractivity contribution in [1.29, 1.82) is 0 Å². The summed E-state index contributed by atoms with van der Waals surface area (Å²) in [4.78, 5) is 2.47. The van der Waals surface area contributed by atoms with Gasteiger partial charge in [0, 0.05) is 18.5 Å². The van der Waals surface area contributed by atoms with Crippen molar-refractivity contribution in [1.82, 2.24) is 4.90 Å².